The first kappa shape index (κ1) is 17.9. The highest BCUT2D eigenvalue weighted by Crippen LogP contribution is 2.16. The van der Waals surface area contributed by atoms with Crippen LogP contribution in [0.4, 0.5) is 10.5 Å². The lowest BCUT2D eigenvalue weighted by atomic mass is 10.0. The van der Waals surface area contributed by atoms with Gasteiger partial charge in [0.2, 0.25) is 0 Å². The van der Waals surface area contributed by atoms with Crippen LogP contribution in [-0.2, 0) is 5.75 Å². The zero-order valence-corrected chi connectivity index (χ0v) is 13.9. The Morgan fingerprint density at radius 1 is 1.38 bits per heavy atom. The normalized spacial score (nSPS) is 12.2. The number of amides is 2. The first-order valence-corrected chi connectivity index (χ1v) is 8.57. The van der Waals surface area contributed by atoms with Crippen LogP contribution >= 0.6 is 11.8 Å². The molecule has 118 valence electrons. The van der Waals surface area contributed by atoms with E-state index in [9.17, 15) is 4.79 Å². The van der Waals surface area contributed by atoms with Gasteiger partial charge in [-0.05, 0) is 35.8 Å². The van der Waals surface area contributed by atoms with Crippen molar-refractivity contribution in [2.45, 2.75) is 39.0 Å². The molecule has 0 saturated carbocycles. The standard InChI is InChI=1S/C16H26N2O2S/c1-4-21-11-13-6-5-7-14(10-13)17-16(20)18-15(8-9-19)12(2)3/h5-7,10,12,15,19H,4,8-9,11H2,1-3H3,(H2,17,18,20). The second-order valence-electron chi connectivity index (χ2n) is 5.30. The second-order valence-corrected chi connectivity index (χ2v) is 6.57. The highest BCUT2D eigenvalue weighted by atomic mass is 32.2. The maximum absolute atomic E-state index is 12.0. The molecule has 4 nitrogen and oxygen atoms in total. The van der Waals surface area contributed by atoms with Crippen molar-refractivity contribution in [3.63, 3.8) is 0 Å². The number of hydrogen-bond donors (Lipinski definition) is 3. The average Bonchev–Trinajstić information content (AvgIpc) is 2.45. The molecule has 1 aromatic rings. The van der Waals surface area contributed by atoms with Crippen LogP contribution in [0.15, 0.2) is 24.3 Å². The maximum Gasteiger partial charge on any atom is 0.319 e. The van der Waals surface area contributed by atoms with Gasteiger partial charge < -0.3 is 15.7 Å². The summed E-state index contributed by atoms with van der Waals surface area (Å²) in [5.41, 5.74) is 2.00. The Labute approximate surface area is 131 Å². The highest BCUT2D eigenvalue weighted by molar-refractivity contribution is 7.98. The Balaban J connectivity index is 2.57. The van der Waals surface area contributed by atoms with E-state index >= 15 is 0 Å². The van der Waals surface area contributed by atoms with Crippen molar-refractivity contribution >= 4 is 23.5 Å². The summed E-state index contributed by atoms with van der Waals surface area (Å²) in [6, 6.07) is 7.66. The predicted octanol–water partition coefficient (Wildman–Crippen LogP) is 3.47. The topological polar surface area (TPSA) is 61.4 Å². The summed E-state index contributed by atoms with van der Waals surface area (Å²) in [5.74, 6) is 2.32. The summed E-state index contributed by atoms with van der Waals surface area (Å²) in [6.45, 7) is 6.27. The summed E-state index contributed by atoms with van der Waals surface area (Å²) in [7, 11) is 0. The van der Waals surface area contributed by atoms with E-state index in [1.165, 1.54) is 5.56 Å². The van der Waals surface area contributed by atoms with E-state index in [4.69, 9.17) is 5.11 Å². The molecular formula is C16H26N2O2S. The molecule has 0 bridgehead atoms. The quantitative estimate of drug-likeness (QED) is 0.689. The zero-order valence-electron chi connectivity index (χ0n) is 13.1. The molecule has 5 heteroatoms. The van der Waals surface area contributed by atoms with Gasteiger partial charge in [-0.15, -0.1) is 0 Å². The minimum Gasteiger partial charge on any atom is -0.396 e. The third-order valence-corrected chi connectivity index (χ3v) is 4.16. The number of nitrogens with one attached hydrogen (secondary N) is 2. The lowest BCUT2D eigenvalue weighted by Crippen LogP contribution is -2.41. The van der Waals surface area contributed by atoms with Crippen molar-refractivity contribution in [2.75, 3.05) is 17.7 Å². The van der Waals surface area contributed by atoms with Crippen LogP contribution in [0.25, 0.3) is 0 Å². The van der Waals surface area contributed by atoms with Crippen LogP contribution in [0, 0.1) is 5.92 Å². The minimum absolute atomic E-state index is 0.0196. The summed E-state index contributed by atoms with van der Waals surface area (Å²) in [5, 5.41) is 14.8. The van der Waals surface area contributed by atoms with E-state index in [0.717, 1.165) is 17.2 Å². The molecule has 1 atom stereocenters. The highest BCUT2D eigenvalue weighted by Gasteiger charge is 2.15. The lowest BCUT2D eigenvalue weighted by Gasteiger charge is -2.21. The average molecular weight is 310 g/mol. The van der Waals surface area contributed by atoms with Crippen LogP contribution in [0.1, 0.15) is 32.8 Å². The Hall–Kier alpha value is -1.20. The molecule has 0 fully saturated rings. The molecule has 0 aromatic heterocycles. The van der Waals surface area contributed by atoms with Gasteiger partial charge in [-0.3, -0.25) is 0 Å². The number of aliphatic hydroxyl groups is 1. The van der Waals surface area contributed by atoms with Crippen molar-refractivity contribution in [3.8, 4) is 0 Å². The fraction of sp³-hybridized carbons (Fsp3) is 0.562. The Kier molecular flexibility index (Phi) is 8.23. The number of anilines is 1. The smallest absolute Gasteiger partial charge is 0.319 e. The molecule has 0 radical (unpaired) electrons. The first-order valence-electron chi connectivity index (χ1n) is 7.41. The van der Waals surface area contributed by atoms with Gasteiger partial charge in [0.1, 0.15) is 0 Å². The van der Waals surface area contributed by atoms with Gasteiger partial charge in [0.15, 0.2) is 0 Å². The lowest BCUT2D eigenvalue weighted by molar-refractivity contribution is 0.227. The van der Waals surface area contributed by atoms with Crippen molar-refractivity contribution < 1.29 is 9.90 Å². The summed E-state index contributed by atoms with van der Waals surface area (Å²) >= 11 is 1.85. The van der Waals surface area contributed by atoms with Crippen molar-refractivity contribution in [1.29, 1.82) is 0 Å². The third kappa shape index (κ3) is 6.87. The number of carbonyl (C=O) groups excluding carboxylic acids is 1. The summed E-state index contributed by atoms with van der Waals surface area (Å²) < 4.78 is 0. The van der Waals surface area contributed by atoms with Crippen molar-refractivity contribution in [1.82, 2.24) is 5.32 Å². The number of hydrogen-bond acceptors (Lipinski definition) is 3. The van der Waals surface area contributed by atoms with E-state index in [1.54, 1.807) is 0 Å². The van der Waals surface area contributed by atoms with E-state index in [-0.39, 0.29) is 24.6 Å². The van der Waals surface area contributed by atoms with E-state index in [1.807, 2.05) is 43.8 Å². The zero-order chi connectivity index (χ0) is 15.7. The van der Waals surface area contributed by atoms with Gasteiger partial charge in [-0.25, -0.2) is 4.79 Å². The molecule has 1 rings (SSSR count). The second kappa shape index (κ2) is 9.68. The van der Waals surface area contributed by atoms with Gasteiger partial charge in [0, 0.05) is 24.1 Å². The maximum atomic E-state index is 12.0. The fourth-order valence-electron chi connectivity index (χ4n) is 2.01. The molecule has 0 aliphatic rings. The van der Waals surface area contributed by atoms with Crippen LogP contribution in [-0.4, -0.2) is 29.5 Å². The summed E-state index contributed by atoms with van der Waals surface area (Å²) in [6.07, 6.45) is 0.568. The van der Waals surface area contributed by atoms with Crippen LogP contribution in [0.3, 0.4) is 0 Å². The van der Waals surface area contributed by atoms with Gasteiger partial charge >= 0.3 is 6.03 Å². The molecule has 2 amide bonds. The van der Waals surface area contributed by atoms with Gasteiger partial charge in [-0.2, -0.15) is 11.8 Å². The van der Waals surface area contributed by atoms with Crippen molar-refractivity contribution in [3.05, 3.63) is 29.8 Å². The first-order chi connectivity index (χ1) is 10.1. The van der Waals surface area contributed by atoms with Crippen LogP contribution in [0.2, 0.25) is 0 Å². The van der Waals surface area contributed by atoms with E-state index in [0.29, 0.717) is 6.42 Å². The number of thioether (sulfide) groups is 1. The minimum atomic E-state index is -0.220. The molecule has 0 aliphatic carbocycles. The number of urea groups is 1. The Bertz CT molecular complexity index is 438. The molecule has 3 N–H and O–H groups in total. The largest absolute Gasteiger partial charge is 0.396 e. The Morgan fingerprint density at radius 3 is 2.76 bits per heavy atom. The predicted molar refractivity (Wildman–Crippen MR) is 90.8 cm³/mol. The molecule has 0 spiro atoms. The van der Waals surface area contributed by atoms with Gasteiger partial charge in [-0.1, -0.05) is 32.9 Å². The molecule has 1 aromatic carbocycles. The molecule has 0 saturated heterocycles. The third-order valence-electron chi connectivity index (χ3n) is 3.22. The van der Waals surface area contributed by atoms with Gasteiger partial charge in [0.05, 0.1) is 0 Å². The van der Waals surface area contributed by atoms with Crippen LogP contribution in [0.5, 0.6) is 0 Å². The molecule has 21 heavy (non-hydrogen) atoms. The molecule has 1 unspecified atom stereocenters. The fourth-order valence-corrected chi connectivity index (χ4v) is 2.62. The number of benzene rings is 1. The summed E-state index contributed by atoms with van der Waals surface area (Å²) in [4.78, 5) is 12.0. The molecule has 0 aliphatic heterocycles. The SMILES string of the molecule is CCSCc1cccc(NC(=O)NC(CCO)C(C)C)c1. The Morgan fingerprint density at radius 2 is 2.14 bits per heavy atom. The number of aliphatic hydroxyl groups excluding tert-OH is 1. The van der Waals surface area contributed by atoms with E-state index < -0.39 is 0 Å². The number of rotatable bonds is 8. The van der Waals surface area contributed by atoms with Crippen LogP contribution < -0.4 is 10.6 Å². The van der Waals surface area contributed by atoms with E-state index in [2.05, 4.69) is 23.6 Å². The number of carbonyl (C=O) groups is 1. The molecular weight excluding hydrogens is 284 g/mol. The molecule has 0 heterocycles. The monoisotopic (exact) mass is 310 g/mol. The van der Waals surface area contributed by atoms with Crippen molar-refractivity contribution in [2.24, 2.45) is 5.92 Å². The van der Waals surface area contributed by atoms with Gasteiger partial charge in [0.25, 0.3) is 0 Å².